The highest BCUT2D eigenvalue weighted by molar-refractivity contribution is 7.11. The van der Waals surface area contributed by atoms with Crippen LogP contribution in [0, 0.1) is 13.8 Å². The monoisotopic (exact) mass is 436 g/mol. The number of piperidine rings is 1. The number of aryl methyl sites for hydroxylation is 2. The van der Waals surface area contributed by atoms with E-state index in [4.69, 9.17) is 5.73 Å². The van der Waals surface area contributed by atoms with E-state index in [1.54, 1.807) is 24.3 Å². The second-order valence-electron chi connectivity index (χ2n) is 7.28. The SMILES string of the molecule is Cc1nc(N)c2c(C(F)(F)F)cc(C3CCN(C(=O)c4scnc4C)CC3)nc2n1. The van der Waals surface area contributed by atoms with Crippen molar-refractivity contribution in [1.29, 1.82) is 0 Å². The fourth-order valence-corrected chi connectivity index (χ4v) is 4.52. The van der Waals surface area contributed by atoms with Crippen molar-refractivity contribution in [2.45, 2.75) is 38.8 Å². The van der Waals surface area contributed by atoms with Crippen LogP contribution in [0.2, 0.25) is 0 Å². The summed E-state index contributed by atoms with van der Waals surface area (Å²) in [5.74, 6) is -0.270. The zero-order valence-corrected chi connectivity index (χ0v) is 17.1. The summed E-state index contributed by atoms with van der Waals surface area (Å²) in [5, 5.41) is -0.273. The molecule has 1 fully saturated rings. The number of nitrogens with zero attached hydrogens (tertiary/aromatic N) is 5. The molecule has 2 N–H and O–H groups in total. The molecule has 0 spiro atoms. The van der Waals surface area contributed by atoms with Crippen LogP contribution in [0.4, 0.5) is 19.0 Å². The minimum Gasteiger partial charge on any atom is -0.383 e. The maximum Gasteiger partial charge on any atom is 0.417 e. The largest absolute Gasteiger partial charge is 0.417 e. The fourth-order valence-electron chi connectivity index (χ4n) is 3.75. The number of pyridine rings is 1. The van der Waals surface area contributed by atoms with Gasteiger partial charge in [0.2, 0.25) is 0 Å². The van der Waals surface area contributed by atoms with Crippen LogP contribution in [0.5, 0.6) is 0 Å². The zero-order valence-electron chi connectivity index (χ0n) is 16.3. The molecule has 0 saturated carbocycles. The number of hydrogen-bond acceptors (Lipinski definition) is 7. The van der Waals surface area contributed by atoms with E-state index < -0.39 is 11.7 Å². The van der Waals surface area contributed by atoms with E-state index in [9.17, 15) is 18.0 Å². The second kappa shape index (κ2) is 7.46. The third kappa shape index (κ3) is 3.69. The molecular weight excluding hydrogens is 417 g/mol. The first-order chi connectivity index (χ1) is 14.1. The minimum atomic E-state index is -4.61. The number of thiazole rings is 1. The third-order valence-corrected chi connectivity index (χ3v) is 6.19. The van der Waals surface area contributed by atoms with Gasteiger partial charge in [-0.3, -0.25) is 4.79 Å². The normalized spacial score (nSPS) is 15.7. The number of aromatic nitrogens is 4. The molecule has 0 aliphatic carbocycles. The third-order valence-electron chi connectivity index (χ3n) is 5.27. The van der Waals surface area contributed by atoms with Crippen LogP contribution in [0.1, 0.15) is 51.2 Å². The van der Waals surface area contributed by atoms with Crippen LogP contribution >= 0.6 is 11.3 Å². The molecule has 4 heterocycles. The van der Waals surface area contributed by atoms with Crippen LogP contribution in [0.15, 0.2) is 11.6 Å². The predicted molar refractivity (Wildman–Crippen MR) is 106 cm³/mol. The van der Waals surface area contributed by atoms with Crippen molar-refractivity contribution in [3.8, 4) is 0 Å². The van der Waals surface area contributed by atoms with Crippen LogP contribution in [0.25, 0.3) is 11.0 Å². The van der Waals surface area contributed by atoms with Gasteiger partial charge in [0.05, 0.1) is 22.2 Å². The van der Waals surface area contributed by atoms with Gasteiger partial charge in [0.1, 0.15) is 16.5 Å². The number of carbonyl (C=O) groups excluding carboxylic acids is 1. The molecule has 3 aromatic heterocycles. The highest BCUT2D eigenvalue weighted by Gasteiger charge is 2.36. The van der Waals surface area contributed by atoms with Gasteiger partial charge in [-0.15, -0.1) is 11.3 Å². The Kier molecular flexibility index (Phi) is 5.08. The van der Waals surface area contributed by atoms with Gasteiger partial charge in [-0.1, -0.05) is 0 Å². The first-order valence-corrected chi connectivity index (χ1v) is 10.2. The number of hydrogen-bond donors (Lipinski definition) is 1. The van der Waals surface area contributed by atoms with Crippen LogP contribution < -0.4 is 5.73 Å². The summed E-state index contributed by atoms with van der Waals surface area (Å²) < 4.78 is 41.1. The molecule has 1 amide bonds. The van der Waals surface area contributed by atoms with Gasteiger partial charge in [-0.05, 0) is 32.8 Å². The van der Waals surface area contributed by atoms with Crippen LogP contribution in [-0.2, 0) is 6.18 Å². The van der Waals surface area contributed by atoms with Gasteiger partial charge in [0.15, 0.2) is 5.65 Å². The summed E-state index contributed by atoms with van der Waals surface area (Å²) in [7, 11) is 0. The van der Waals surface area contributed by atoms with Gasteiger partial charge in [-0.2, -0.15) is 13.2 Å². The van der Waals surface area contributed by atoms with Gasteiger partial charge in [0, 0.05) is 24.7 Å². The summed E-state index contributed by atoms with van der Waals surface area (Å²) in [6.07, 6.45) is -3.58. The van der Waals surface area contributed by atoms with E-state index in [2.05, 4.69) is 19.9 Å². The number of amides is 1. The number of fused-ring (bicyclic) bond motifs is 1. The molecule has 0 bridgehead atoms. The van der Waals surface area contributed by atoms with Crippen molar-refractivity contribution in [3.05, 3.63) is 39.2 Å². The van der Waals surface area contributed by atoms with Crippen molar-refractivity contribution in [2.24, 2.45) is 0 Å². The zero-order chi connectivity index (χ0) is 21.6. The highest BCUT2D eigenvalue weighted by atomic mass is 32.1. The van der Waals surface area contributed by atoms with Crippen molar-refractivity contribution in [1.82, 2.24) is 24.8 Å². The van der Waals surface area contributed by atoms with Crippen molar-refractivity contribution in [2.75, 3.05) is 18.8 Å². The summed E-state index contributed by atoms with van der Waals surface area (Å²) in [5.41, 5.74) is 7.45. The summed E-state index contributed by atoms with van der Waals surface area (Å²) in [4.78, 5) is 31.4. The van der Waals surface area contributed by atoms with E-state index in [-0.39, 0.29) is 34.5 Å². The van der Waals surface area contributed by atoms with Crippen LogP contribution in [-0.4, -0.2) is 43.8 Å². The summed E-state index contributed by atoms with van der Waals surface area (Å²) >= 11 is 1.29. The Hall–Kier alpha value is -2.82. The Bertz CT molecular complexity index is 1120. The molecule has 4 rings (SSSR count). The average molecular weight is 436 g/mol. The number of alkyl halides is 3. The minimum absolute atomic E-state index is 0.0522. The Labute approximate surface area is 174 Å². The Morgan fingerprint density at radius 3 is 2.50 bits per heavy atom. The molecule has 0 atom stereocenters. The molecule has 7 nitrogen and oxygen atoms in total. The Morgan fingerprint density at radius 1 is 1.20 bits per heavy atom. The molecule has 158 valence electrons. The van der Waals surface area contributed by atoms with Crippen LogP contribution in [0.3, 0.4) is 0 Å². The number of rotatable bonds is 2. The number of nitrogens with two attached hydrogens (primary N) is 1. The number of halogens is 3. The lowest BCUT2D eigenvalue weighted by Gasteiger charge is -2.32. The van der Waals surface area contributed by atoms with E-state index in [0.29, 0.717) is 42.2 Å². The maximum atomic E-state index is 13.7. The Morgan fingerprint density at radius 2 is 1.90 bits per heavy atom. The number of likely N-dealkylation sites (tertiary alicyclic amines) is 1. The first kappa shape index (κ1) is 20.5. The standard InChI is InChI=1S/C19H19F3N6OS/c1-9-15(30-8-24-9)18(29)28-5-3-11(4-6-28)13-7-12(19(20,21)22)14-16(23)25-10(2)26-17(14)27-13/h7-8,11H,3-6H2,1-2H3,(H2,23,25,26,27). The highest BCUT2D eigenvalue weighted by Crippen LogP contribution is 2.39. The number of anilines is 1. The van der Waals surface area contributed by atoms with E-state index in [1.165, 1.54) is 11.3 Å². The van der Waals surface area contributed by atoms with Gasteiger partial charge in [0.25, 0.3) is 5.91 Å². The molecule has 1 aliphatic rings. The second-order valence-corrected chi connectivity index (χ2v) is 8.14. The quantitative estimate of drug-likeness (QED) is 0.658. The molecule has 3 aromatic rings. The first-order valence-electron chi connectivity index (χ1n) is 9.36. The molecule has 0 radical (unpaired) electrons. The maximum absolute atomic E-state index is 13.7. The number of nitrogen functional groups attached to an aromatic ring is 1. The predicted octanol–water partition coefficient (Wildman–Crippen LogP) is 3.72. The lowest BCUT2D eigenvalue weighted by Crippen LogP contribution is -2.38. The van der Waals surface area contributed by atoms with Crippen molar-refractivity contribution in [3.63, 3.8) is 0 Å². The molecule has 11 heteroatoms. The van der Waals surface area contributed by atoms with E-state index in [0.717, 1.165) is 6.07 Å². The fraction of sp³-hybridized carbons (Fsp3) is 0.421. The van der Waals surface area contributed by atoms with E-state index >= 15 is 0 Å². The van der Waals surface area contributed by atoms with Gasteiger partial charge >= 0.3 is 6.18 Å². The average Bonchev–Trinajstić information content (AvgIpc) is 3.11. The summed E-state index contributed by atoms with van der Waals surface area (Å²) in [6, 6.07) is 1.05. The summed E-state index contributed by atoms with van der Waals surface area (Å²) in [6.45, 7) is 4.21. The van der Waals surface area contributed by atoms with E-state index in [1.807, 2.05) is 0 Å². The molecular formula is C19H19F3N6OS. The molecule has 0 unspecified atom stereocenters. The molecule has 30 heavy (non-hydrogen) atoms. The Balaban J connectivity index is 1.63. The lowest BCUT2D eigenvalue weighted by atomic mass is 9.91. The smallest absolute Gasteiger partial charge is 0.383 e. The lowest BCUT2D eigenvalue weighted by molar-refractivity contribution is -0.136. The van der Waals surface area contributed by atoms with Gasteiger partial charge in [-0.25, -0.2) is 19.9 Å². The van der Waals surface area contributed by atoms with Gasteiger partial charge < -0.3 is 10.6 Å². The van der Waals surface area contributed by atoms with Crippen molar-refractivity contribution < 1.29 is 18.0 Å². The molecule has 0 aromatic carbocycles. The molecule has 1 saturated heterocycles. The van der Waals surface area contributed by atoms with Crippen molar-refractivity contribution >= 4 is 34.1 Å². The number of carbonyl (C=O) groups is 1. The topological polar surface area (TPSA) is 97.9 Å². The molecule has 1 aliphatic heterocycles.